The standard InChI is InChI=1S/C21H33N5O2/c1-20(2)13-21(14-24-7-9-28-10-8-24)15-26(12-17(20)21)19(27)16-11-25-6-5-22-4-3-18(25)23-16/h11,17,22H,3-10,12-15H2,1-2H3/t17-,21+/m1/s1. The van der Waals surface area contributed by atoms with Gasteiger partial charge in [0.2, 0.25) is 0 Å². The Balaban J connectivity index is 1.33. The number of ether oxygens (including phenoxy) is 1. The van der Waals surface area contributed by atoms with Crippen LogP contribution in [0, 0.1) is 16.7 Å². The highest BCUT2D eigenvalue weighted by atomic mass is 16.5. The highest BCUT2D eigenvalue weighted by Crippen LogP contribution is 2.63. The van der Waals surface area contributed by atoms with Crippen LogP contribution in [0.2, 0.25) is 0 Å². The smallest absolute Gasteiger partial charge is 0.274 e. The molecule has 0 radical (unpaired) electrons. The zero-order chi connectivity index (χ0) is 19.4. The van der Waals surface area contributed by atoms with Crippen molar-refractivity contribution in [3.63, 3.8) is 0 Å². The van der Waals surface area contributed by atoms with E-state index in [0.717, 1.165) is 77.8 Å². The molecular weight excluding hydrogens is 354 g/mol. The molecule has 7 heteroatoms. The molecule has 3 fully saturated rings. The lowest BCUT2D eigenvalue weighted by Gasteiger charge is -2.58. The minimum atomic E-state index is 0.125. The first-order chi connectivity index (χ1) is 13.5. The third kappa shape index (κ3) is 3.08. The number of imidazole rings is 1. The molecule has 1 aromatic heterocycles. The second-order valence-electron chi connectivity index (χ2n) is 9.89. The molecule has 1 saturated carbocycles. The predicted octanol–water partition coefficient (Wildman–Crippen LogP) is 0.849. The quantitative estimate of drug-likeness (QED) is 0.833. The van der Waals surface area contributed by atoms with Gasteiger partial charge < -0.3 is 19.5 Å². The van der Waals surface area contributed by atoms with Gasteiger partial charge in [0, 0.05) is 70.4 Å². The summed E-state index contributed by atoms with van der Waals surface area (Å²) in [4.78, 5) is 22.7. The Morgan fingerprint density at radius 2 is 2.11 bits per heavy atom. The summed E-state index contributed by atoms with van der Waals surface area (Å²) >= 11 is 0. The van der Waals surface area contributed by atoms with Crippen LogP contribution in [0.3, 0.4) is 0 Å². The number of hydrogen-bond donors (Lipinski definition) is 1. The molecule has 154 valence electrons. The van der Waals surface area contributed by atoms with E-state index in [1.165, 1.54) is 6.42 Å². The van der Waals surface area contributed by atoms with E-state index < -0.39 is 0 Å². The Kier molecular flexibility index (Phi) is 4.52. The average molecular weight is 388 g/mol. The molecule has 1 aliphatic carbocycles. The summed E-state index contributed by atoms with van der Waals surface area (Å²) in [5.74, 6) is 1.75. The van der Waals surface area contributed by atoms with Crippen LogP contribution in [0.15, 0.2) is 6.20 Å². The maximum atomic E-state index is 13.3. The fraction of sp³-hybridized carbons (Fsp3) is 0.810. The molecule has 0 aromatic carbocycles. The largest absolute Gasteiger partial charge is 0.379 e. The van der Waals surface area contributed by atoms with Gasteiger partial charge >= 0.3 is 0 Å². The molecule has 1 aromatic rings. The molecule has 7 nitrogen and oxygen atoms in total. The van der Waals surface area contributed by atoms with Crippen LogP contribution in [0.1, 0.15) is 36.6 Å². The average Bonchev–Trinajstić information content (AvgIpc) is 3.14. The lowest BCUT2D eigenvalue weighted by molar-refractivity contribution is -0.0966. The topological polar surface area (TPSA) is 62.6 Å². The van der Waals surface area contributed by atoms with Gasteiger partial charge in [-0.05, 0) is 17.8 Å². The van der Waals surface area contributed by atoms with Gasteiger partial charge in [-0.25, -0.2) is 4.98 Å². The van der Waals surface area contributed by atoms with Crippen molar-refractivity contribution in [1.29, 1.82) is 0 Å². The first-order valence-corrected chi connectivity index (χ1v) is 10.8. The number of carbonyl (C=O) groups is 1. The molecule has 0 bridgehead atoms. The van der Waals surface area contributed by atoms with E-state index in [1.807, 2.05) is 6.20 Å². The minimum Gasteiger partial charge on any atom is -0.379 e. The zero-order valence-electron chi connectivity index (χ0n) is 17.2. The molecule has 2 atom stereocenters. The number of amides is 1. The van der Waals surface area contributed by atoms with Crippen molar-refractivity contribution >= 4 is 5.91 Å². The summed E-state index contributed by atoms with van der Waals surface area (Å²) in [6.45, 7) is 14.1. The number of fused-ring (bicyclic) bond motifs is 2. The number of nitrogens with zero attached hydrogens (tertiary/aromatic N) is 4. The lowest BCUT2D eigenvalue weighted by atomic mass is 9.48. The first-order valence-electron chi connectivity index (χ1n) is 10.8. The second-order valence-corrected chi connectivity index (χ2v) is 9.89. The van der Waals surface area contributed by atoms with Gasteiger partial charge in [-0.3, -0.25) is 9.69 Å². The van der Waals surface area contributed by atoms with E-state index in [-0.39, 0.29) is 11.3 Å². The van der Waals surface area contributed by atoms with Crippen LogP contribution >= 0.6 is 0 Å². The highest BCUT2D eigenvalue weighted by Gasteiger charge is 2.63. The normalized spacial score (nSPS) is 32.4. The van der Waals surface area contributed by atoms with Gasteiger partial charge in [-0.15, -0.1) is 0 Å². The second kappa shape index (κ2) is 6.82. The number of likely N-dealkylation sites (tertiary alicyclic amines) is 1. The molecule has 4 heterocycles. The number of aromatic nitrogens is 2. The van der Waals surface area contributed by atoms with Gasteiger partial charge in [0.25, 0.3) is 5.91 Å². The summed E-state index contributed by atoms with van der Waals surface area (Å²) < 4.78 is 7.69. The Labute approximate surface area is 167 Å². The van der Waals surface area contributed by atoms with Gasteiger partial charge in [0.05, 0.1) is 13.2 Å². The Morgan fingerprint density at radius 3 is 2.89 bits per heavy atom. The summed E-state index contributed by atoms with van der Waals surface area (Å²) in [6, 6.07) is 0. The molecule has 3 aliphatic heterocycles. The molecule has 4 aliphatic rings. The highest BCUT2D eigenvalue weighted by molar-refractivity contribution is 5.92. The Hall–Kier alpha value is -1.44. The molecular formula is C21H33N5O2. The molecule has 2 saturated heterocycles. The van der Waals surface area contributed by atoms with Crippen molar-refractivity contribution in [3.8, 4) is 0 Å². The van der Waals surface area contributed by atoms with Crippen LogP contribution in [-0.2, 0) is 17.7 Å². The maximum absolute atomic E-state index is 13.3. The summed E-state index contributed by atoms with van der Waals surface area (Å²) in [7, 11) is 0. The Bertz CT molecular complexity index is 730. The lowest BCUT2D eigenvalue weighted by Crippen LogP contribution is -2.59. The third-order valence-electron chi connectivity index (χ3n) is 7.46. The van der Waals surface area contributed by atoms with Crippen molar-refractivity contribution in [3.05, 3.63) is 17.7 Å². The van der Waals surface area contributed by atoms with Crippen LogP contribution in [-0.4, -0.2) is 84.3 Å². The molecule has 28 heavy (non-hydrogen) atoms. The van der Waals surface area contributed by atoms with E-state index >= 15 is 0 Å². The summed E-state index contributed by atoms with van der Waals surface area (Å²) in [6.07, 6.45) is 4.08. The number of rotatable bonds is 3. The Morgan fingerprint density at radius 1 is 1.29 bits per heavy atom. The summed E-state index contributed by atoms with van der Waals surface area (Å²) in [5.41, 5.74) is 1.20. The monoisotopic (exact) mass is 387 g/mol. The molecule has 0 unspecified atom stereocenters. The molecule has 1 N–H and O–H groups in total. The van der Waals surface area contributed by atoms with Gasteiger partial charge in [0.1, 0.15) is 11.5 Å². The van der Waals surface area contributed by atoms with Gasteiger partial charge in [-0.1, -0.05) is 13.8 Å². The number of nitrogens with one attached hydrogen (secondary N) is 1. The van der Waals surface area contributed by atoms with Crippen LogP contribution < -0.4 is 5.32 Å². The van der Waals surface area contributed by atoms with E-state index in [2.05, 4.69) is 33.5 Å². The van der Waals surface area contributed by atoms with Crippen molar-refractivity contribution in [2.24, 2.45) is 16.7 Å². The first kappa shape index (κ1) is 18.6. The SMILES string of the molecule is CC1(C)C[C@]2(CN3CCOCC3)CN(C(=O)c3cn4c(n3)CCNCC4)C[C@H]12. The van der Waals surface area contributed by atoms with Crippen molar-refractivity contribution < 1.29 is 9.53 Å². The number of morpholine rings is 1. The summed E-state index contributed by atoms with van der Waals surface area (Å²) in [5, 5.41) is 3.39. The van der Waals surface area contributed by atoms with E-state index in [0.29, 0.717) is 17.0 Å². The van der Waals surface area contributed by atoms with Gasteiger partial charge in [0.15, 0.2) is 0 Å². The zero-order valence-corrected chi connectivity index (χ0v) is 17.2. The minimum absolute atomic E-state index is 0.125. The third-order valence-corrected chi connectivity index (χ3v) is 7.46. The van der Waals surface area contributed by atoms with Gasteiger partial charge in [-0.2, -0.15) is 0 Å². The predicted molar refractivity (Wildman–Crippen MR) is 106 cm³/mol. The van der Waals surface area contributed by atoms with Crippen molar-refractivity contribution in [1.82, 2.24) is 24.7 Å². The van der Waals surface area contributed by atoms with Crippen molar-refractivity contribution in [2.45, 2.75) is 33.2 Å². The number of carbonyl (C=O) groups excluding carboxylic acids is 1. The molecule has 5 rings (SSSR count). The van der Waals surface area contributed by atoms with E-state index in [1.54, 1.807) is 0 Å². The van der Waals surface area contributed by atoms with Crippen LogP contribution in [0.25, 0.3) is 0 Å². The molecule has 1 amide bonds. The maximum Gasteiger partial charge on any atom is 0.274 e. The van der Waals surface area contributed by atoms with Crippen LogP contribution in [0.4, 0.5) is 0 Å². The van der Waals surface area contributed by atoms with Crippen LogP contribution in [0.5, 0.6) is 0 Å². The van der Waals surface area contributed by atoms with Crippen molar-refractivity contribution in [2.75, 3.05) is 59.0 Å². The van der Waals surface area contributed by atoms with E-state index in [9.17, 15) is 4.79 Å². The number of hydrogen-bond acceptors (Lipinski definition) is 5. The fourth-order valence-corrected chi connectivity index (χ4v) is 6.34. The van der Waals surface area contributed by atoms with E-state index in [4.69, 9.17) is 9.72 Å². The fourth-order valence-electron chi connectivity index (χ4n) is 6.34. The molecule has 0 spiro atoms.